The highest BCUT2D eigenvalue weighted by molar-refractivity contribution is 5.02. The van der Waals surface area contributed by atoms with Gasteiger partial charge in [-0.25, -0.2) is 17.6 Å². The fourth-order valence-corrected chi connectivity index (χ4v) is 0.674. The summed E-state index contributed by atoms with van der Waals surface area (Å²) in [6.45, 7) is 2.45. The van der Waals surface area contributed by atoms with Gasteiger partial charge < -0.3 is 0 Å². The van der Waals surface area contributed by atoms with Crippen molar-refractivity contribution in [1.29, 1.82) is 0 Å². The van der Waals surface area contributed by atoms with E-state index in [1.54, 1.807) is 0 Å². The first-order valence-corrected chi connectivity index (χ1v) is 3.53. The summed E-state index contributed by atoms with van der Waals surface area (Å²) in [6, 6.07) is 0. The van der Waals surface area contributed by atoms with E-state index < -0.39 is 30.6 Å². The molecular weight excluding hydrogens is 236 g/mol. The van der Waals surface area contributed by atoms with Crippen LogP contribution in [0.15, 0.2) is 12.7 Å². The number of hydrogen-bond donors (Lipinski definition) is 0. The standard InChI is InChI=1S/C7H6F8/c1-2-3(8)6(12,13)7(14,15)4(9)5(10)11/h2-5H,1H2. The molecule has 0 aliphatic rings. The maximum Gasteiger partial charge on any atom is 0.349 e. The lowest BCUT2D eigenvalue weighted by Crippen LogP contribution is -2.55. The highest BCUT2D eigenvalue weighted by atomic mass is 19.3. The molecule has 0 saturated heterocycles. The first-order chi connectivity index (χ1) is 6.59. The minimum absolute atomic E-state index is 0.216. The summed E-state index contributed by atoms with van der Waals surface area (Å²) in [5.41, 5.74) is 0. The Morgan fingerprint density at radius 3 is 1.53 bits per heavy atom. The normalized spacial score (nSPS) is 17.7. The summed E-state index contributed by atoms with van der Waals surface area (Å²) in [7, 11) is 0. The second-order valence-electron chi connectivity index (χ2n) is 2.62. The van der Waals surface area contributed by atoms with Gasteiger partial charge in [0.25, 0.3) is 6.43 Å². The van der Waals surface area contributed by atoms with Crippen LogP contribution in [0.3, 0.4) is 0 Å². The van der Waals surface area contributed by atoms with E-state index in [0.717, 1.165) is 0 Å². The third-order valence-electron chi connectivity index (χ3n) is 1.57. The molecule has 2 unspecified atom stereocenters. The number of alkyl halides is 8. The molecule has 0 aromatic carbocycles. The largest absolute Gasteiger partial charge is 0.349 e. The molecule has 15 heavy (non-hydrogen) atoms. The lowest BCUT2D eigenvalue weighted by molar-refractivity contribution is -0.272. The van der Waals surface area contributed by atoms with Crippen LogP contribution in [0.4, 0.5) is 35.1 Å². The van der Waals surface area contributed by atoms with Crippen LogP contribution < -0.4 is 0 Å². The minimum Gasteiger partial charge on any atom is -0.236 e. The van der Waals surface area contributed by atoms with Gasteiger partial charge in [-0.1, -0.05) is 12.7 Å². The third-order valence-corrected chi connectivity index (χ3v) is 1.57. The van der Waals surface area contributed by atoms with Gasteiger partial charge in [0, 0.05) is 0 Å². The van der Waals surface area contributed by atoms with Gasteiger partial charge in [-0.15, -0.1) is 0 Å². The second-order valence-corrected chi connectivity index (χ2v) is 2.62. The summed E-state index contributed by atoms with van der Waals surface area (Å²) in [4.78, 5) is 0. The molecule has 0 bridgehead atoms. The number of hydrogen-bond acceptors (Lipinski definition) is 0. The molecule has 90 valence electrons. The van der Waals surface area contributed by atoms with E-state index in [9.17, 15) is 35.1 Å². The zero-order chi connectivity index (χ0) is 12.4. The average Bonchev–Trinajstić information content (AvgIpc) is 2.14. The average molecular weight is 242 g/mol. The van der Waals surface area contributed by atoms with Gasteiger partial charge in [0.1, 0.15) is 0 Å². The van der Waals surface area contributed by atoms with Crippen LogP contribution in [-0.4, -0.2) is 30.6 Å². The van der Waals surface area contributed by atoms with Crippen molar-refractivity contribution < 1.29 is 35.1 Å². The third kappa shape index (κ3) is 2.40. The van der Waals surface area contributed by atoms with Crippen molar-refractivity contribution >= 4 is 0 Å². The molecule has 0 rings (SSSR count). The van der Waals surface area contributed by atoms with Crippen LogP contribution >= 0.6 is 0 Å². The summed E-state index contributed by atoms with van der Waals surface area (Å²) >= 11 is 0. The van der Waals surface area contributed by atoms with Crippen molar-refractivity contribution in [1.82, 2.24) is 0 Å². The van der Waals surface area contributed by atoms with Crippen LogP contribution in [0.1, 0.15) is 0 Å². The molecule has 0 N–H and O–H groups in total. The number of rotatable bonds is 5. The van der Waals surface area contributed by atoms with E-state index in [4.69, 9.17) is 0 Å². The van der Waals surface area contributed by atoms with Crippen molar-refractivity contribution in [3.63, 3.8) is 0 Å². The summed E-state index contributed by atoms with van der Waals surface area (Å²) in [5, 5.41) is 0. The first kappa shape index (κ1) is 14.2. The zero-order valence-corrected chi connectivity index (χ0v) is 7.04. The van der Waals surface area contributed by atoms with Crippen LogP contribution in [0.2, 0.25) is 0 Å². The SMILES string of the molecule is C=CC(F)C(F)(F)C(F)(F)C(F)C(F)F. The van der Waals surface area contributed by atoms with E-state index in [1.807, 2.05) is 0 Å². The van der Waals surface area contributed by atoms with Gasteiger partial charge in [-0.2, -0.15) is 17.6 Å². The van der Waals surface area contributed by atoms with Gasteiger partial charge in [0.15, 0.2) is 6.17 Å². The predicted molar refractivity (Wildman–Crippen MR) is 35.9 cm³/mol. The molecule has 0 aliphatic carbocycles. The molecule has 0 aromatic heterocycles. The summed E-state index contributed by atoms with van der Waals surface area (Å²) in [6.07, 6.45) is -12.6. The van der Waals surface area contributed by atoms with Gasteiger partial charge in [-0.05, 0) is 0 Å². The van der Waals surface area contributed by atoms with Crippen molar-refractivity contribution in [2.24, 2.45) is 0 Å². The number of allylic oxidation sites excluding steroid dienone is 1. The van der Waals surface area contributed by atoms with Gasteiger partial charge in [0.2, 0.25) is 6.17 Å². The Balaban J connectivity index is 5.07. The molecule has 2 atom stereocenters. The van der Waals surface area contributed by atoms with Gasteiger partial charge in [0.05, 0.1) is 0 Å². The molecule has 0 aromatic rings. The maximum atomic E-state index is 12.4. The highest BCUT2D eigenvalue weighted by Gasteiger charge is 2.67. The van der Waals surface area contributed by atoms with E-state index >= 15 is 0 Å². The van der Waals surface area contributed by atoms with Crippen molar-refractivity contribution in [2.75, 3.05) is 0 Å². The van der Waals surface area contributed by atoms with Crippen LogP contribution in [0.5, 0.6) is 0 Å². The molecule has 0 amide bonds. The molecule has 0 radical (unpaired) electrons. The Bertz CT molecular complexity index is 223. The Morgan fingerprint density at radius 2 is 1.27 bits per heavy atom. The monoisotopic (exact) mass is 242 g/mol. The Hall–Kier alpha value is -0.820. The van der Waals surface area contributed by atoms with Crippen molar-refractivity contribution in [3.05, 3.63) is 12.7 Å². The van der Waals surface area contributed by atoms with Crippen LogP contribution in [-0.2, 0) is 0 Å². The van der Waals surface area contributed by atoms with E-state index in [1.165, 1.54) is 0 Å². The Labute approximate surface area is 79.6 Å². The maximum absolute atomic E-state index is 12.4. The molecule has 8 heteroatoms. The minimum atomic E-state index is -5.80. The number of halogens is 8. The first-order valence-electron chi connectivity index (χ1n) is 3.53. The predicted octanol–water partition coefficient (Wildman–Crippen LogP) is 3.38. The van der Waals surface area contributed by atoms with Crippen molar-refractivity contribution in [2.45, 2.75) is 30.6 Å². The molecule has 0 nitrogen and oxygen atoms in total. The summed E-state index contributed by atoms with van der Waals surface area (Å²) in [5.74, 6) is -11.4. The summed E-state index contributed by atoms with van der Waals surface area (Å²) < 4.78 is 97.0. The van der Waals surface area contributed by atoms with E-state index in [2.05, 4.69) is 6.58 Å². The van der Waals surface area contributed by atoms with Crippen LogP contribution in [0.25, 0.3) is 0 Å². The Morgan fingerprint density at radius 1 is 0.867 bits per heavy atom. The lowest BCUT2D eigenvalue weighted by atomic mass is 10.0. The fourth-order valence-electron chi connectivity index (χ4n) is 0.674. The topological polar surface area (TPSA) is 0 Å². The highest BCUT2D eigenvalue weighted by Crippen LogP contribution is 2.43. The van der Waals surface area contributed by atoms with E-state index in [0.29, 0.717) is 0 Å². The molecule has 0 fully saturated rings. The molecule has 0 heterocycles. The molecule has 0 saturated carbocycles. The molecular formula is C7H6F8. The zero-order valence-electron chi connectivity index (χ0n) is 7.04. The van der Waals surface area contributed by atoms with Gasteiger partial charge in [-0.3, -0.25) is 0 Å². The lowest BCUT2D eigenvalue weighted by Gasteiger charge is -2.29. The molecule has 0 spiro atoms. The van der Waals surface area contributed by atoms with E-state index in [-0.39, 0.29) is 6.08 Å². The quantitative estimate of drug-likeness (QED) is 0.512. The molecule has 0 aliphatic heterocycles. The smallest absolute Gasteiger partial charge is 0.236 e. The second kappa shape index (κ2) is 4.36. The van der Waals surface area contributed by atoms with Crippen LogP contribution in [0, 0.1) is 0 Å². The van der Waals surface area contributed by atoms with Crippen molar-refractivity contribution in [3.8, 4) is 0 Å². The Kier molecular flexibility index (Phi) is 4.12. The van der Waals surface area contributed by atoms with Gasteiger partial charge >= 0.3 is 11.8 Å². The fraction of sp³-hybridized carbons (Fsp3) is 0.714.